The van der Waals surface area contributed by atoms with Crippen LogP contribution in [-0.4, -0.2) is 72.9 Å². The van der Waals surface area contributed by atoms with E-state index in [9.17, 15) is 4.79 Å². The van der Waals surface area contributed by atoms with Crippen LogP contribution < -0.4 is 0 Å². The van der Waals surface area contributed by atoms with Crippen LogP contribution in [0, 0.1) is 0 Å². The summed E-state index contributed by atoms with van der Waals surface area (Å²) in [6.07, 6.45) is 14.1. The number of hydrogen-bond donors (Lipinski definition) is 0. The molecular weight excluding hydrogens is 439 g/mol. The maximum Gasteiger partial charge on any atom is 0.508 e. The molecule has 2 fully saturated rings. The van der Waals surface area contributed by atoms with Crippen molar-refractivity contribution in [2.75, 3.05) is 39.4 Å². The molecule has 2 rings (SSSR count). The molecule has 2 aliphatic heterocycles. The Morgan fingerprint density at radius 2 is 1.19 bits per heavy atom. The first-order valence-electron chi connectivity index (χ1n) is 12.0. The van der Waals surface area contributed by atoms with Crippen LogP contribution in [0.4, 0.5) is 4.79 Å². The molecule has 2 unspecified atom stereocenters. The second-order valence-electron chi connectivity index (χ2n) is 8.60. The second kappa shape index (κ2) is 20.3. The standard InChI is InChI=1S/C23H44N2O3.2ClH.H2O/c1-3-5-15-24-17-9-7-11-21(24)13-19-27-23(26)28-20-14-22-12-8-10-18-25(22)16-6-4-2;;;/h21-22H,3-20H2,1-2H3;2*1H;1H2. The highest BCUT2D eigenvalue weighted by Crippen LogP contribution is 2.21. The van der Waals surface area contributed by atoms with E-state index in [4.69, 9.17) is 9.47 Å². The van der Waals surface area contributed by atoms with E-state index in [1.807, 2.05) is 0 Å². The third kappa shape index (κ3) is 13.1. The van der Waals surface area contributed by atoms with Crippen molar-refractivity contribution in [1.82, 2.24) is 9.80 Å². The number of halogens is 2. The molecule has 8 heteroatoms. The summed E-state index contributed by atoms with van der Waals surface area (Å²) >= 11 is 0. The lowest BCUT2D eigenvalue weighted by Gasteiger charge is -2.36. The maximum atomic E-state index is 12.0. The topological polar surface area (TPSA) is 73.5 Å². The summed E-state index contributed by atoms with van der Waals surface area (Å²) in [5.41, 5.74) is 0. The summed E-state index contributed by atoms with van der Waals surface area (Å²) in [5, 5.41) is 0. The largest absolute Gasteiger partial charge is 0.508 e. The molecule has 188 valence electrons. The van der Waals surface area contributed by atoms with Gasteiger partial charge in [0.05, 0.1) is 13.2 Å². The second-order valence-corrected chi connectivity index (χ2v) is 8.60. The van der Waals surface area contributed by atoms with Crippen LogP contribution in [0.15, 0.2) is 0 Å². The molecule has 2 N–H and O–H groups in total. The molecule has 6 nitrogen and oxygen atoms in total. The molecule has 0 aromatic heterocycles. The number of carbonyl (C=O) groups excluding carboxylic acids is 1. The van der Waals surface area contributed by atoms with Crippen molar-refractivity contribution in [3.63, 3.8) is 0 Å². The first-order valence-corrected chi connectivity index (χ1v) is 12.0. The normalized spacial score (nSPS) is 21.9. The molecule has 0 aromatic rings. The number of rotatable bonds is 12. The Morgan fingerprint density at radius 1 is 0.774 bits per heavy atom. The molecule has 2 heterocycles. The lowest BCUT2D eigenvalue weighted by atomic mass is 9.99. The van der Waals surface area contributed by atoms with Gasteiger partial charge in [0, 0.05) is 12.1 Å². The SMILES string of the molecule is CCCCN1CCCCC1CCOC(=O)OCCC1CCCCN1CCCC.Cl.Cl.O. The van der Waals surface area contributed by atoms with Crippen molar-refractivity contribution >= 4 is 31.0 Å². The molecule has 0 amide bonds. The summed E-state index contributed by atoms with van der Waals surface area (Å²) in [6, 6.07) is 1.14. The van der Waals surface area contributed by atoms with Crippen LogP contribution in [-0.2, 0) is 9.47 Å². The summed E-state index contributed by atoms with van der Waals surface area (Å²) < 4.78 is 10.8. The van der Waals surface area contributed by atoms with E-state index in [1.54, 1.807) is 0 Å². The van der Waals surface area contributed by atoms with Gasteiger partial charge in [-0.05, 0) is 77.5 Å². The lowest BCUT2D eigenvalue weighted by molar-refractivity contribution is 0.0343. The van der Waals surface area contributed by atoms with Crippen molar-refractivity contribution in [3.8, 4) is 0 Å². The summed E-state index contributed by atoms with van der Waals surface area (Å²) in [5.74, 6) is 0. The van der Waals surface area contributed by atoms with Crippen molar-refractivity contribution in [1.29, 1.82) is 0 Å². The van der Waals surface area contributed by atoms with Gasteiger partial charge >= 0.3 is 6.16 Å². The fraction of sp³-hybridized carbons (Fsp3) is 0.957. The molecule has 31 heavy (non-hydrogen) atoms. The van der Waals surface area contributed by atoms with Gasteiger partial charge in [-0.25, -0.2) is 4.79 Å². The molecule has 0 spiro atoms. The quantitative estimate of drug-likeness (QED) is 0.352. The highest BCUT2D eigenvalue weighted by molar-refractivity contribution is 5.85. The number of ether oxygens (including phenoxy) is 2. The predicted octanol–water partition coefficient (Wildman–Crippen LogP) is 5.25. The molecule has 0 aromatic carbocycles. The van der Waals surface area contributed by atoms with E-state index < -0.39 is 6.16 Å². The maximum absolute atomic E-state index is 12.0. The number of unbranched alkanes of at least 4 members (excludes halogenated alkanes) is 2. The molecule has 2 saturated heterocycles. The van der Waals surface area contributed by atoms with Gasteiger partial charge in [-0.2, -0.15) is 0 Å². The van der Waals surface area contributed by atoms with Gasteiger partial charge in [-0.3, -0.25) is 0 Å². The minimum absolute atomic E-state index is 0. The Kier molecular flexibility index (Phi) is 21.6. The molecule has 2 aliphatic rings. The highest BCUT2D eigenvalue weighted by atomic mass is 35.5. The number of likely N-dealkylation sites (tertiary alicyclic amines) is 2. The monoisotopic (exact) mass is 486 g/mol. The van der Waals surface area contributed by atoms with Gasteiger partial charge in [-0.15, -0.1) is 24.8 Å². The van der Waals surface area contributed by atoms with Gasteiger partial charge in [0.25, 0.3) is 0 Å². The smallest absolute Gasteiger partial charge is 0.434 e. The molecule has 0 saturated carbocycles. The minimum atomic E-state index is -0.480. The Bertz CT molecular complexity index is 396. The van der Waals surface area contributed by atoms with E-state index >= 15 is 0 Å². The fourth-order valence-electron chi connectivity index (χ4n) is 4.68. The molecule has 2 atom stereocenters. The van der Waals surface area contributed by atoms with Crippen LogP contribution in [0.5, 0.6) is 0 Å². The molecule has 0 bridgehead atoms. The van der Waals surface area contributed by atoms with Crippen LogP contribution in [0.1, 0.15) is 90.9 Å². The summed E-state index contributed by atoms with van der Waals surface area (Å²) in [4.78, 5) is 17.1. The van der Waals surface area contributed by atoms with Crippen LogP contribution >= 0.6 is 24.8 Å². The third-order valence-corrected chi connectivity index (χ3v) is 6.44. The van der Waals surface area contributed by atoms with Gasteiger partial charge in [0.2, 0.25) is 0 Å². The van der Waals surface area contributed by atoms with Crippen LogP contribution in [0.3, 0.4) is 0 Å². The van der Waals surface area contributed by atoms with Gasteiger partial charge in [0.15, 0.2) is 0 Å². The average Bonchev–Trinajstić information content (AvgIpc) is 2.72. The van der Waals surface area contributed by atoms with Gasteiger partial charge < -0.3 is 24.7 Å². The van der Waals surface area contributed by atoms with Crippen molar-refractivity contribution in [2.45, 2.75) is 103 Å². The van der Waals surface area contributed by atoms with Crippen LogP contribution in [0.25, 0.3) is 0 Å². The van der Waals surface area contributed by atoms with E-state index in [2.05, 4.69) is 23.6 Å². The minimum Gasteiger partial charge on any atom is -0.434 e. The predicted molar refractivity (Wildman–Crippen MR) is 133 cm³/mol. The zero-order valence-corrected chi connectivity index (χ0v) is 21.5. The van der Waals surface area contributed by atoms with E-state index in [-0.39, 0.29) is 30.3 Å². The van der Waals surface area contributed by atoms with Crippen molar-refractivity contribution < 1.29 is 19.7 Å². The van der Waals surface area contributed by atoms with Crippen molar-refractivity contribution in [2.24, 2.45) is 0 Å². The first kappa shape index (κ1) is 32.9. The first-order chi connectivity index (χ1) is 13.7. The zero-order valence-electron chi connectivity index (χ0n) is 19.8. The zero-order chi connectivity index (χ0) is 20.0. The third-order valence-electron chi connectivity index (χ3n) is 6.44. The Morgan fingerprint density at radius 3 is 1.58 bits per heavy atom. The average molecular weight is 488 g/mol. The molecular formula is C23H48Cl2N2O4. The number of nitrogens with zero attached hydrogens (tertiary/aromatic N) is 2. The number of hydrogen-bond acceptors (Lipinski definition) is 5. The van der Waals surface area contributed by atoms with E-state index in [1.165, 1.54) is 90.4 Å². The Balaban J connectivity index is 0. The van der Waals surface area contributed by atoms with Gasteiger partial charge in [-0.1, -0.05) is 39.5 Å². The molecule has 0 aliphatic carbocycles. The summed E-state index contributed by atoms with van der Waals surface area (Å²) in [7, 11) is 0. The van der Waals surface area contributed by atoms with Gasteiger partial charge in [0.1, 0.15) is 0 Å². The fourth-order valence-corrected chi connectivity index (χ4v) is 4.68. The van der Waals surface area contributed by atoms with E-state index in [0.29, 0.717) is 25.3 Å². The Labute approximate surface area is 202 Å². The van der Waals surface area contributed by atoms with Crippen molar-refractivity contribution in [3.05, 3.63) is 0 Å². The Hall–Kier alpha value is -0.270. The number of carbonyl (C=O) groups is 1. The van der Waals surface area contributed by atoms with E-state index in [0.717, 1.165) is 12.8 Å². The lowest BCUT2D eigenvalue weighted by Crippen LogP contribution is -2.41. The number of piperidine rings is 2. The van der Waals surface area contributed by atoms with Crippen LogP contribution in [0.2, 0.25) is 0 Å². The summed E-state index contributed by atoms with van der Waals surface area (Å²) in [6.45, 7) is 10.2. The molecule has 0 radical (unpaired) electrons. The highest BCUT2D eigenvalue weighted by Gasteiger charge is 2.23.